The van der Waals surface area contributed by atoms with E-state index in [1.54, 1.807) is 0 Å². The Balaban J connectivity index is 2.12. The van der Waals surface area contributed by atoms with E-state index in [0.717, 1.165) is 19.1 Å². The zero-order valence-corrected chi connectivity index (χ0v) is 7.77. The highest BCUT2D eigenvalue weighted by Crippen LogP contribution is 2.10. The second-order valence-corrected chi connectivity index (χ2v) is 3.40. The van der Waals surface area contributed by atoms with Crippen molar-refractivity contribution in [2.45, 2.75) is 32.7 Å². The lowest BCUT2D eigenvalue weighted by molar-refractivity contribution is 0.253. The first-order valence-corrected chi connectivity index (χ1v) is 4.79. The van der Waals surface area contributed by atoms with Crippen LogP contribution in [-0.4, -0.2) is 37.1 Å². The van der Waals surface area contributed by atoms with Crippen molar-refractivity contribution in [1.82, 2.24) is 10.2 Å². The van der Waals surface area contributed by atoms with Crippen molar-refractivity contribution in [3.63, 3.8) is 0 Å². The summed E-state index contributed by atoms with van der Waals surface area (Å²) >= 11 is 0. The van der Waals surface area contributed by atoms with Gasteiger partial charge in [-0.15, -0.1) is 0 Å². The normalized spacial score (nSPS) is 22.4. The van der Waals surface area contributed by atoms with E-state index in [1.807, 2.05) is 0 Å². The fourth-order valence-corrected chi connectivity index (χ4v) is 1.66. The predicted octanol–water partition coefficient (Wildman–Crippen LogP) is 1.08. The fraction of sp³-hybridized carbons (Fsp3) is 1.00. The highest BCUT2D eigenvalue weighted by molar-refractivity contribution is 4.73. The molecule has 0 unspecified atom stereocenters. The van der Waals surface area contributed by atoms with Crippen molar-refractivity contribution in [3.05, 3.63) is 0 Å². The standard InChI is InChI=1S/C9H20N2/c1-3-10-8-9(2)11-6-4-5-7-11/h9-10H,3-8H2,1-2H3/t9-/m0/s1. The molecular weight excluding hydrogens is 136 g/mol. The van der Waals surface area contributed by atoms with Crippen molar-refractivity contribution in [1.29, 1.82) is 0 Å². The molecule has 1 N–H and O–H groups in total. The van der Waals surface area contributed by atoms with Gasteiger partial charge in [-0.3, -0.25) is 4.90 Å². The number of rotatable bonds is 4. The van der Waals surface area contributed by atoms with Crippen LogP contribution in [0, 0.1) is 0 Å². The topological polar surface area (TPSA) is 15.3 Å². The van der Waals surface area contributed by atoms with Gasteiger partial charge in [0.2, 0.25) is 0 Å². The highest BCUT2D eigenvalue weighted by atomic mass is 15.2. The summed E-state index contributed by atoms with van der Waals surface area (Å²) < 4.78 is 0. The molecule has 0 aliphatic carbocycles. The van der Waals surface area contributed by atoms with Gasteiger partial charge < -0.3 is 5.32 Å². The molecule has 1 aliphatic heterocycles. The van der Waals surface area contributed by atoms with E-state index in [2.05, 4.69) is 24.1 Å². The molecule has 1 saturated heterocycles. The third-order valence-corrected chi connectivity index (χ3v) is 2.45. The van der Waals surface area contributed by atoms with E-state index in [9.17, 15) is 0 Å². The van der Waals surface area contributed by atoms with Crippen molar-refractivity contribution >= 4 is 0 Å². The Hall–Kier alpha value is -0.0800. The Labute approximate surface area is 70.0 Å². The van der Waals surface area contributed by atoms with E-state index in [4.69, 9.17) is 0 Å². The zero-order valence-electron chi connectivity index (χ0n) is 7.77. The van der Waals surface area contributed by atoms with Gasteiger partial charge in [-0.25, -0.2) is 0 Å². The van der Waals surface area contributed by atoms with Gasteiger partial charge in [0.25, 0.3) is 0 Å². The predicted molar refractivity (Wildman–Crippen MR) is 48.8 cm³/mol. The van der Waals surface area contributed by atoms with Crippen LogP contribution in [0.5, 0.6) is 0 Å². The van der Waals surface area contributed by atoms with E-state index in [0.29, 0.717) is 0 Å². The van der Waals surface area contributed by atoms with Gasteiger partial charge in [0.1, 0.15) is 0 Å². The Kier molecular flexibility index (Phi) is 3.87. The van der Waals surface area contributed by atoms with Gasteiger partial charge in [-0.2, -0.15) is 0 Å². The van der Waals surface area contributed by atoms with Crippen molar-refractivity contribution < 1.29 is 0 Å². The van der Waals surface area contributed by atoms with Crippen LogP contribution in [0.25, 0.3) is 0 Å². The summed E-state index contributed by atoms with van der Waals surface area (Å²) in [5, 5.41) is 3.38. The van der Waals surface area contributed by atoms with Crippen molar-refractivity contribution in [2.24, 2.45) is 0 Å². The molecule has 0 radical (unpaired) electrons. The third kappa shape index (κ3) is 2.80. The molecule has 0 amide bonds. The van der Waals surface area contributed by atoms with Crippen LogP contribution in [0.1, 0.15) is 26.7 Å². The molecular formula is C9H20N2. The maximum Gasteiger partial charge on any atom is 0.0192 e. The molecule has 11 heavy (non-hydrogen) atoms. The molecule has 1 fully saturated rings. The van der Waals surface area contributed by atoms with Gasteiger partial charge in [0.15, 0.2) is 0 Å². The maximum absolute atomic E-state index is 3.38. The zero-order chi connectivity index (χ0) is 8.10. The number of likely N-dealkylation sites (tertiary alicyclic amines) is 1. The quantitative estimate of drug-likeness (QED) is 0.655. The Morgan fingerprint density at radius 2 is 2.00 bits per heavy atom. The van der Waals surface area contributed by atoms with Crippen LogP contribution < -0.4 is 5.32 Å². The summed E-state index contributed by atoms with van der Waals surface area (Å²) in [7, 11) is 0. The number of nitrogens with one attached hydrogen (secondary N) is 1. The second kappa shape index (κ2) is 4.73. The molecule has 0 saturated carbocycles. The Bertz CT molecular complexity index is 97.7. The first-order chi connectivity index (χ1) is 5.34. The van der Waals surface area contributed by atoms with Gasteiger partial charge in [0, 0.05) is 12.6 Å². The molecule has 0 bridgehead atoms. The highest BCUT2D eigenvalue weighted by Gasteiger charge is 2.16. The molecule has 1 aliphatic rings. The number of likely N-dealkylation sites (N-methyl/N-ethyl adjacent to an activating group) is 1. The lowest BCUT2D eigenvalue weighted by atomic mass is 10.3. The number of hydrogen-bond acceptors (Lipinski definition) is 2. The van der Waals surface area contributed by atoms with Crippen LogP contribution in [0.3, 0.4) is 0 Å². The summed E-state index contributed by atoms with van der Waals surface area (Å²) in [6.45, 7) is 9.35. The molecule has 2 heteroatoms. The van der Waals surface area contributed by atoms with Crippen LogP contribution >= 0.6 is 0 Å². The molecule has 0 aromatic carbocycles. The van der Waals surface area contributed by atoms with Gasteiger partial charge in [-0.05, 0) is 39.4 Å². The molecule has 1 atom stereocenters. The Morgan fingerprint density at radius 3 is 2.55 bits per heavy atom. The third-order valence-electron chi connectivity index (χ3n) is 2.45. The molecule has 1 heterocycles. The SMILES string of the molecule is CCNC[C@H](C)N1CCCC1. The minimum atomic E-state index is 0.734. The van der Waals surface area contributed by atoms with Crippen LogP contribution in [0.2, 0.25) is 0 Å². The average Bonchev–Trinajstić information content (AvgIpc) is 2.52. The summed E-state index contributed by atoms with van der Waals surface area (Å²) in [4.78, 5) is 2.57. The molecule has 66 valence electrons. The average molecular weight is 156 g/mol. The second-order valence-electron chi connectivity index (χ2n) is 3.40. The summed E-state index contributed by atoms with van der Waals surface area (Å²) in [5.41, 5.74) is 0. The van der Waals surface area contributed by atoms with E-state index < -0.39 is 0 Å². The molecule has 0 aromatic heterocycles. The molecule has 0 aromatic rings. The van der Waals surface area contributed by atoms with Crippen LogP contribution in [0.15, 0.2) is 0 Å². The van der Waals surface area contributed by atoms with Crippen molar-refractivity contribution in [2.75, 3.05) is 26.2 Å². The van der Waals surface area contributed by atoms with Gasteiger partial charge >= 0.3 is 0 Å². The van der Waals surface area contributed by atoms with Gasteiger partial charge in [0.05, 0.1) is 0 Å². The summed E-state index contributed by atoms with van der Waals surface area (Å²) in [6.07, 6.45) is 2.80. The van der Waals surface area contributed by atoms with E-state index in [-0.39, 0.29) is 0 Å². The lowest BCUT2D eigenvalue weighted by Crippen LogP contribution is -2.38. The Morgan fingerprint density at radius 1 is 1.36 bits per heavy atom. The summed E-state index contributed by atoms with van der Waals surface area (Å²) in [5.74, 6) is 0. The minimum Gasteiger partial charge on any atom is -0.315 e. The maximum atomic E-state index is 3.38. The first-order valence-electron chi connectivity index (χ1n) is 4.79. The van der Waals surface area contributed by atoms with E-state index >= 15 is 0 Å². The monoisotopic (exact) mass is 156 g/mol. The van der Waals surface area contributed by atoms with Crippen molar-refractivity contribution in [3.8, 4) is 0 Å². The minimum absolute atomic E-state index is 0.734. The molecule has 0 spiro atoms. The molecule has 1 rings (SSSR count). The van der Waals surface area contributed by atoms with Crippen LogP contribution in [0.4, 0.5) is 0 Å². The van der Waals surface area contributed by atoms with E-state index in [1.165, 1.54) is 25.9 Å². The number of hydrogen-bond donors (Lipinski definition) is 1. The lowest BCUT2D eigenvalue weighted by Gasteiger charge is -2.23. The summed E-state index contributed by atoms with van der Waals surface area (Å²) in [6, 6.07) is 0.734. The fourth-order valence-electron chi connectivity index (χ4n) is 1.66. The number of nitrogens with zero attached hydrogens (tertiary/aromatic N) is 1. The van der Waals surface area contributed by atoms with Crippen LogP contribution in [-0.2, 0) is 0 Å². The molecule has 2 nitrogen and oxygen atoms in total. The smallest absolute Gasteiger partial charge is 0.0192 e. The largest absolute Gasteiger partial charge is 0.315 e. The first kappa shape index (κ1) is 9.01. The van der Waals surface area contributed by atoms with Gasteiger partial charge in [-0.1, -0.05) is 6.92 Å².